The molecule has 0 spiro atoms. The number of aliphatic hydroxyl groups is 1. The van der Waals surface area contributed by atoms with E-state index in [2.05, 4.69) is 12.2 Å². The largest absolute Gasteiger partial charge is 0.396 e. The fourth-order valence-electron chi connectivity index (χ4n) is 2.14. The van der Waals surface area contributed by atoms with Gasteiger partial charge < -0.3 is 10.4 Å². The van der Waals surface area contributed by atoms with Gasteiger partial charge in [-0.2, -0.15) is 0 Å². The van der Waals surface area contributed by atoms with Gasteiger partial charge in [-0.1, -0.05) is 25.5 Å². The number of hydrogen-bond donors (Lipinski definition) is 2. The van der Waals surface area contributed by atoms with Crippen LogP contribution >= 0.6 is 0 Å². The van der Waals surface area contributed by atoms with Crippen molar-refractivity contribution < 1.29 is 9.90 Å². The number of aryl methyl sites for hydroxylation is 1. The summed E-state index contributed by atoms with van der Waals surface area (Å²) in [6.45, 7) is 2.93. The Morgan fingerprint density at radius 2 is 2.00 bits per heavy atom. The molecule has 0 heterocycles. The minimum Gasteiger partial charge on any atom is -0.396 e. The molecule has 19 heavy (non-hydrogen) atoms. The number of carbonyl (C=O) groups excluding carboxylic acids is 1. The third kappa shape index (κ3) is 3.80. The maximum atomic E-state index is 12.0. The van der Waals surface area contributed by atoms with Crippen molar-refractivity contribution in [2.24, 2.45) is 5.41 Å². The maximum absolute atomic E-state index is 12.0. The van der Waals surface area contributed by atoms with Crippen molar-refractivity contribution in [1.82, 2.24) is 5.32 Å². The third-order valence-electron chi connectivity index (χ3n) is 3.95. The minimum absolute atomic E-state index is 0.0310. The Bertz CT molecular complexity index is 421. The van der Waals surface area contributed by atoms with Gasteiger partial charge in [-0.3, -0.25) is 4.79 Å². The molecule has 0 radical (unpaired) electrons. The molecule has 2 rings (SSSR count). The standard InChI is InChI=1S/C16H23NO2/c1-2-3-4-13-5-7-14(8-6-13)15(19)17-11-16(12-18)9-10-16/h5-8,18H,2-4,9-12H2,1H3,(H,17,19). The Balaban J connectivity index is 1.85. The molecular formula is C16H23NO2. The van der Waals surface area contributed by atoms with Crippen LogP contribution in [0.15, 0.2) is 24.3 Å². The predicted molar refractivity (Wildman–Crippen MR) is 76.1 cm³/mol. The number of unbranched alkanes of at least 4 members (excludes halogenated alkanes) is 1. The van der Waals surface area contributed by atoms with Crippen LogP contribution in [0.4, 0.5) is 0 Å². The summed E-state index contributed by atoms with van der Waals surface area (Å²) >= 11 is 0. The topological polar surface area (TPSA) is 49.3 Å². The fourth-order valence-corrected chi connectivity index (χ4v) is 2.14. The number of amides is 1. The summed E-state index contributed by atoms with van der Waals surface area (Å²) in [5.41, 5.74) is 1.96. The second-order valence-corrected chi connectivity index (χ2v) is 5.64. The van der Waals surface area contributed by atoms with Crippen LogP contribution in [0.25, 0.3) is 0 Å². The number of rotatable bonds is 7. The lowest BCUT2D eigenvalue weighted by Gasteiger charge is -2.12. The van der Waals surface area contributed by atoms with Crippen LogP contribution in [0.3, 0.4) is 0 Å². The Morgan fingerprint density at radius 1 is 1.32 bits per heavy atom. The molecule has 0 aliphatic heterocycles. The smallest absolute Gasteiger partial charge is 0.251 e. The van der Waals surface area contributed by atoms with Crippen LogP contribution in [-0.2, 0) is 6.42 Å². The molecule has 1 fully saturated rings. The molecular weight excluding hydrogens is 238 g/mol. The van der Waals surface area contributed by atoms with E-state index in [1.807, 2.05) is 24.3 Å². The van der Waals surface area contributed by atoms with Crippen LogP contribution in [0, 0.1) is 5.41 Å². The molecule has 1 aromatic rings. The second-order valence-electron chi connectivity index (χ2n) is 5.64. The van der Waals surface area contributed by atoms with E-state index in [4.69, 9.17) is 0 Å². The van der Waals surface area contributed by atoms with Gasteiger partial charge in [-0.05, 0) is 43.4 Å². The zero-order valence-corrected chi connectivity index (χ0v) is 11.6. The van der Waals surface area contributed by atoms with Crippen molar-refractivity contribution in [2.45, 2.75) is 39.0 Å². The maximum Gasteiger partial charge on any atom is 0.251 e. The Morgan fingerprint density at radius 3 is 2.53 bits per heavy atom. The van der Waals surface area contributed by atoms with Crippen molar-refractivity contribution in [3.8, 4) is 0 Å². The summed E-state index contributed by atoms with van der Waals surface area (Å²) < 4.78 is 0. The highest BCUT2D eigenvalue weighted by Gasteiger charge is 2.42. The van der Waals surface area contributed by atoms with Crippen molar-refractivity contribution >= 4 is 5.91 Å². The SMILES string of the molecule is CCCCc1ccc(C(=O)NCC2(CO)CC2)cc1. The van der Waals surface area contributed by atoms with Crippen molar-refractivity contribution in [3.63, 3.8) is 0 Å². The van der Waals surface area contributed by atoms with Crippen LogP contribution in [-0.4, -0.2) is 24.2 Å². The van der Waals surface area contributed by atoms with Gasteiger partial charge in [0.2, 0.25) is 0 Å². The molecule has 1 amide bonds. The molecule has 3 nitrogen and oxygen atoms in total. The highest BCUT2D eigenvalue weighted by molar-refractivity contribution is 5.94. The van der Waals surface area contributed by atoms with Gasteiger partial charge in [0.1, 0.15) is 0 Å². The molecule has 0 unspecified atom stereocenters. The molecule has 1 saturated carbocycles. The highest BCUT2D eigenvalue weighted by Crippen LogP contribution is 2.44. The molecule has 0 saturated heterocycles. The van der Waals surface area contributed by atoms with Gasteiger partial charge in [0.05, 0.1) is 6.61 Å². The van der Waals surface area contributed by atoms with E-state index >= 15 is 0 Å². The summed E-state index contributed by atoms with van der Waals surface area (Å²) in [5.74, 6) is -0.0400. The Hall–Kier alpha value is -1.35. The number of benzene rings is 1. The first-order chi connectivity index (χ1) is 9.19. The van der Waals surface area contributed by atoms with E-state index < -0.39 is 0 Å². The summed E-state index contributed by atoms with van der Waals surface area (Å²) in [6, 6.07) is 7.84. The number of aliphatic hydroxyl groups excluding tert-OH is 1. The first-order valence-electron chi connectivity index (χ1n) is 7.17. The molecule has 0 atom stereocenters. The number of nitrogens with one attached hydrogen (secondary N) is 1. The van der Waals surface area contributed by atoms with E-state index in [1.54, 1.807) is 0 Å². The van der Waals surface area contributed by atoms with Crippen molar-refractivity contribution in [3.05, 3.63) is 35.4 Å². The Kier molecular flexibility index (Phi) is 4.59. The molecule has 0 bridgehead atoms. The van der Waals surface area contributed by atoms with Gasteiger partial charge in [-0.15, -0.1) is 0 Å². The first kappa shape index (κ1) is 14.1. The van der Waals surface area contributed by atoms with Gasteiger partial charge in [0.15, 0.2) is 0 Å². The highest BCUT2D eigenvalue weighted by atomic mass is 16.3. The second kappa shape index (κ2) is 6.20. The van der Waals surface area contributed by atoms with E-state index in [-0.39, 0.29) is 17.9 Å². The molecule has 3 heteroatoms. The molecule has 1 aromatic carbocycles. The average molecular weight is 261 g/mol. The molecule has 1 aliphatic carbocycles. The first-order valence-corrected chi connectivity index (χ1v) is 7.17. The van der Waals surface area contributed by atoms with Gasteiger partial charge >= 0.3 is 0 Å². The van der Waals surface area contributed by atoms with E-state index in [1.165, 1.54) is 18.4 Å². The molecule has 104 valence electrons. The van der Waals surface area contributed by atoms with Crippen LogP contribution in [0.1, 0.15) is 48.5 Å². The average Bonchev–Trinajstić information content (AvgIpc) is 3.24. The van der Waals surface area contributed by atoms with Gasteiger partial charge in [-0.25, -0.2) is 0 Å². The van der Waals surface area contributed by atoms with Crippen LogP contribution in [0.2, 0.25) is 0 Å². The zero-order valence-electron chi connectivity index (χ0n) is 11.6. The van der Waals surface area contributed by atoms with Crippen LogP contribution < -0.4 is 5.32 Å². The summed E-state index contributed by atoms with van der Waals surface area (Å²) in [4.78, 5) is 12.0. The predicted octanol–water partition coefficient (Wildman–Crippen LogP) is 2.53. The normalized spacial score (nSPS) is 16.1. The fraction of sp³-hybridized carbons (Fsp3) is 0.562. The lowest BCUT2D eigenvalue weighted by atomic mass is 10.1. The summed E-state index contributed by atoms with van der Waals surface area (Å²) in [7, 11) is 0. The monoisotopic (exact) mass is 261 g/mol. The van der Waals surface area contributed by atoms with Crippen molar-refractivity contribution in [1.29, 1.82) is 0 Å². The molecule has 2 N–H and O–H groups in total. The number of hydrogen-bond acceptors (Lipinski definition) is 2. The lowest BCUT2D eigenvalue weighted by molar-refractivity contribution is 0.0935. The van der Waals surface area contributed by atoms with Gasteiger partial charge in [0, 0.05) is 17.5 Å². The quantitative estimate of drug-likeness (QED) is 0.792. The third-order valence-corrected chi connectivity index (χ3v) is 3.95. The van der Waals surface area contributed by atoms with Crippen molar-refractivity contribution in [2.75, 3.05) is 13.2 Å². The zero-order chi connectivity index (χ0) is 13.7. The summed E-state index contributed by atoms with van der Waals surface area (Å²) in [6.07, 6.45) is 5.47. The van der Waals surface area contributed by atoms with E-state index in [9.17, 15) is 9.90 Å². The summed E-state index contributed by atoms with van der Waals surface area (Å²) in [5, 5.41) is 12.1. The van der Waals surface area contributed by atoms with E-state index in [0.717, 1.165) is 19.3 Å². The minimum atomic E-state index is -0.0400. The molecule has 0 aromatic heterocycles. The van der Waals surface area contributed by atoms with Gasteiger partial charge in [0.25, 0.3) is 5.91 Å². The van der Waals surface area contributed by atoms with E-state index in [0.29, 0.717) is 12.1 Å². The lowest BCUT2D eigenvalue weighted by Crippen LogP contribution is -2.31. The van der Waals surface area contributed by atoms with Crippen LogP contribution in [0.5, 0.6) is 0 Å². The number of carbonyl (C=O) groups is 1. The Labute approximate surface area is 115 Å². The molecule has 1 aliphatic rings.